The number of fused-ring (bicyclic) bond motifs is 2. The fourth-order valence-corrected chi connectivity index (χ4v) is 4.60. The van der Waals surface area contributed by atoms with E-state index in [9.17, 15) is 14.0 Å². The molecule has 0 aliphatic carbocycles. The first kappa shape index (κ1) is 19.8. The Morgan fingerprint density at radius 1 is 1.07 bits per heavy atom. The molecule has 5 nitrogen and oxygen atoms in total. The Labute approximate surface area is 173 Å². The van der Waals surface area contributed by atoms with Crippen LogP contribution in [0.1, 0.15) is 47.6 Å². The van der Waals surface area contributed by atoms with Crippen LogP contribution < -0.4 is 14.8 Å². The standard InChI is InChI=1S/C22H22FNO4S/c23-15-3-6-21-16(13-15)17(8-11-29-21)24-22(26)7-4-18(25)14-2-5-19-20(12-14)28-10-1-9-27-19/h2-3,5-6,12-13,17H,1,4,7-11H2,(H,24,26)/t17-/m0/s1. The van der Waals surface area contributed by atoms with E-state index < -0.39 is 0 Å². The second-order valence-electron chi connectivity index (χ2n) is 7.07. The van der Waals surface area contributed by atoms with Crippen LogP contribution in [0.2, 0.25) is 0 Å². The zero-order valence-corrected chi connectivity index (χ0v) is 16.7. The SMILES string of the molecule is O=C(CCC(=O)c1ccc2c(c1)OCCCO2)N[C@H]1CCSc2ccc(F)cc21. The number of nitrogens with one attached hydrogen (secondary N) is 1. The quantitative estimate of drug-likeness (QED) is 0.738. The Balaban J connectivity index is 1.35. The van der Waals surface area contributed by atoms with Gasteiger partial charge in [-0.1, -0.05) is 0 Å². The lowest BCUT2D eigenvalue weighted by atomic mass is 10.0. The van der Waals surface area contributed by atoms with E-state index in [0.29, 0.717) is 30.3 Å². The summed E-state index contributed by atoms with van der Waals surface area (Å²) < 4.78 is 24.8. The molecule has 2 aliphatic rings. The molecule has 1 N–H and O–H groups in total. The molecule has 0 saturated heterocycles. The van der Waals surface area contributed by atoms with Gasteiger partial charge in [0.05, 0.1) is 19.3 Å². The van der Waals surface area contributed by atoms with Gasteiger partial charge in [0.25, 0.3) is 0 Å². The van der Waals surface area contributed by atoms with Gasteiger partial charge in [-0.15, -0.1) is 11.8 Å². The largest absolute Gasteiger partial charge is 0.490 e. The van der Waals surface area contributed by atoms with E-state index in [1.165, 1.54) is 12.1 Å². The molecule has 0 aromatic heterocycles. The van der Waals surface area contributed by atoms with Crippen molar-refractivity contribution in [2.75, 3.05) is 19.0 Å². The predicted molar refractivity (Wildman–Crippen MR) is 108 cm³/mol. The second-order valence-corrected chi connectivity index (χ2v) is 8.21. The van der Waals surface area contributed by atoms with Crippen LogP contribution in [0.15, 0.2) is 41.3 Å². The summed E-state index contributed by atoms with van der Waals surface area (Å²) in [5.41, 5.74) is 1.31. The maximum atomic E-state index is 13.6. The minimum atomic E-state index is -0.310. The summed E-state index contributed by atoms with van der Waals surface area (Å²) in [6, 6.07) is 9.56. The first-order valence-corrected chi connectivity index (χ1v) is 10.7. The monoisotopic (exact) mass is 415 g/mol. The van der Waals surface area contributed by atoms with Crippen molar-refractivity contribution in [1.82, 2.24) is 5.32 Å². The number of ether oxygens (including phenoxy) is 2. The van der Waals surface area contributed by atoms with Crippen LogP contribution in [0.5, 0.6) is 11.5 Å². The first-order chi connectivity index (χ1) is 14.1. The molecule has 0 saturated carbocycles. The first-order valence-electron chi connectivity index (χ1n) is 9.74. The molecule has 0 bridgehead atoms. The summed E-state index contributed by atoms with van der Waals surface area (Å²) in [7, 11) is 0. The third-order valence-electron chi connectivity index (χ3n) is 5.00. The maximum absolute atomic E-state index is 13.6. The lowest BCUT2D eigenvalue weighted by Gasteiger charge is -2.26. The molecule has 0 radical (unpaired) electrons. The number of hydrogen-bond donors (Lipinski definition) is 1. The average molecular weight is 415 g/mol. The van der Waals surface area contributed by atoms with Crippen molar-refractivity contribution in [2.45, 2.75) is 36.6 Å². The maximum Gasteiger partial charge on any atom is 0.220 e. The van der Waals surface area contributed by atoms with Gasteiger partial charge >= 0.3 is 0 Å². The highest BCUT2D eigenvalue weighted by Crippen LogP contribution is 2.36. The van der Waals surface area contributed by atoms with Crippen LogP contribution in [0, 0.1) is 5.82 Å². The van der Waals surface area contributed by atoms with E-state index in [1.54, 1.807) is 36.0 Å². The van der Waals surface area contributed by atoms with Gasteiger partial charge in [0.1, 0.15) is 5.82 Å². The summed E-state index contributed by atoms with van der Waals surface area (Å²) in [5.74, 6) is 1.42. The lowest BCUT2D eigenvalue weighted by molar-refractivity contribution is -0.121. The van der Waals surface area contributed by atoms with Gasteiger partial charge in [-0.2, -0.15) is 0 Å². The zero-order chi connectivity index (χ0) is 20.2. The second kappa shape index (κ2) is 8.86. The van der Waals surface area contributed by atoms with Crippen LogP contribution in [0.3, 0.4) is 0 Å². The van der Waals surface area contributed by atoms with Gasteiger partial charge in [-0.05, 0) is 48.4 Å². The van der Waals surface area contributed by atoms with Gasteiger partial charge in [0.15, 0.2) is 17.3 Å². The number of carbonyl (C=O) groups excluding carboxylic acids is 2. The number of amides is 1. The average Bonchev–Trinajstić information content (AvgIpc) is 2.97. The van der Waals surface area contributed by atoms with Gasteiger partial charge in [-0.3, -0.25) is 9.59 Å². The molecule has 0 fully saturated rings. The molecule has 152 valence electrons. The molecule has 2 aliphatic heterocycles. The van der Waals surface area contributed by atoms with Crippen LogP contribution in [0.4, 0.5) is 4.39 Å². The van der Waals surface area contributed by atoms with Crippen molar-refractivity contribution in [3.8, 4) is 11.5 Å². The minimum absolute atomic E-state index is 0.0849. The van der Waals surface area contributed by atoms with Gasteiger partial charge in [0, 0.05) is 35.5 Å². The number of hydrogen-bond acceptors (Lipinski definition) is 5. The highest BCUT2D eigenvalue weighted by Gasteiger charge is 2.23. The molecule has 7 heteroatoms. The molecule has 1 atom stereocenters. The van der Waals surface area contributed by atoms with Crippen LogP contribution >= 0.6 is 11.8 Å². The topological polar surface area (TPSA) is 64.6 Å². The summed E-state index contributed by atoms with van der Waals surface area (Å²) in [6.45, 7) is 1.14. The molecule has 4 rings (SSSR count). The lowest BCUT2D eigenvalue weighted by Crippen LogP contribution is -2.31. The fourth-order valence-electron chi connectivity index (χ4n) is 3.49. The van der Waals surface area contributed by atoms with Gasteiger partial charge in [0.2, 0.25) is 5.91 Å². The van der Waals surface area contributed by atoms with Crippen molar-refractivity contribution in [3.63, 3.8) is 0 Å². The molecule has 29 heavy (non-hydrogen) atoms. The third kappa shape index (κ3) is 4.72. The smallest absolute Gasteiger partial charge is 0.220 e. The van der Waals surface area contributed by atoms with Crippen molar-refractivity contribution in [2.24, 2.45) is 0 Å². The number of carbonyl (C=O) groups is 2. The van der Waals surface area contributed by atoms with Crippen LogP contribution in [-0.4, -0.2) is 30.7 Å². The molecular formula is C22H22FNO4S. The van der Waals surface area contributed by atoms with E-state index in [4.69, 9.17) is 9.47 Å². The number of thioether (sulfide) groups is 1. The summed E-state index contributed by atoms with van der Waals surface area (Å²) in [4.78, 5) is 25.9. The molecular weight excluding hydrogens is 393 g/mol. The summed E-state index contributed by atoms with van der Waals surface area (Å²) >= 11 is 1.66. The van der Waals surface area contributed by atoms with E-state index in [0.717, 1.165) is 29.1 Å². The number of Topliss-reactive ketones (excluding diaryl/α,β-unsaturated/α-hetero) is 1. The molecule has 2 heterocycles. The van der Waals surface area contributed by atoms with Crippen molar-refractivity contribution in [1.29, 1.82) is 0 Å². The normalized spacial score (nSPS) is 17.8. The number of halogens is 1. The minimum Gasteiger partial charge on any atom is -0.490 e. The van der Waals surface area contributed by atoms with E-state index in [1.807, 2.05) is 0 Å². The summed E-state index contributed by atoms with van der Waals surface area (Å²) in [6.07, 6.45) is 1.72. The Hall–Kier alpha value is -2.54. The highest BCUT2D eigenvalue weighted by molar-refractivity contribution is 7.99. The highest BCUT2D eigenvalue weighted by atomic mass is 32.2. The van der Waals surface area contributed by atoms with Crippen LogP contribution in [-0.2, 0) is 4.79 Å². The van der Waals surface area contributed by atoms with E-state index in [2.05, 4.69) is 5.32 Å². The molecule has 2 aromatic carbocycles. The number of benzene rings is 2. The predicted octanol–water partition coefficient (Wildman–Crippen LogP) is 4.30. The number of rotatable bonds is 5. The fraction of sp³-hybridized carbons (Fsp3) is 0.364. The Morgan fingerprint density at radius 2 is 1.90 bits per heavy atom. The summed E-state index contributed by atoms with van der Waals surface area (Å²) in [5, 5.41) is 2.95. The molecule has 0 unspecified atom stereocenters. The van der Waals surface area contributed by atoms with E-state index in [-0.39, 0.29) is 36.4 Å². The molecule has 2 aromatic rings. The molecule has 0 spiro atoms. The Kier molecular flexibility index (Phi) is 6.04. The van der Waals surface area contributed by atoms with Gasteiger partial charge in [-0.25, -0.2) is 4.39 Å². The van der Waals surface area contributed by atoms with E-state index >= 15 is 0 Å². The van der Waals surface area contributed by atoms with Crippen LogP contribution in [0.25, 0.3) is 0 Å². The number of ketones is 1. The van der Waals surface area contributed by atoms with Crippen molar-refractivity contribution < 1.29 is 23.5 Å². The zero-order valence-electron chi connectivity index (χ0n) is 15.9. The van der Waals surface area contributed by atoms with Crippen molar-refractivity contribution >= 4 is 23.5 Å². The Morgan fingerprint density at radius 3 is 2.76 bits per heavy atom. The Bertz CT molecular complexity index is 933. The van der Waals surface area contributed by atoms with Gasteiger partial charge < -0.3 is 14.8 Å². The molecule has 1 amide bonds. The van der Waals surface area contributed by atoms with Crippen molar-refractivity contribution in [3.05, 3.63) is 53.3 Å². The third-order valence-corrected chi connectivity index (χ3v) is 6.12.